The third-order valence-electron chi connectivity index (χ3n) is 6.98. The smallest absolute Gasteiger partial charge is 0.253 e. The van der Waals surface area contributed by atoms with E-state index in [4.69, 9.17) is 4.74 Å². The largest absolute Gasteiger partial charge is 0.376 e. The number of fused-ring (bicyclic) bond motifs is 1. The number of halogens is 2. The van der Waals surface area contributed by atoms with Crippen LogP contribution in [-0.2, 0) is 10.3 Å². The normalized spacial score (nSPS) is 32.9. The molecule has 1 saturated carbocycles. The molecule has 2 aliphatic heterocycles. The number of carbonyl (C=O) groups is 1. The summed E-state index contributed by atoms with van der Waals surface area (Å²) < 4.78 is 35.0. The Morgan fingerprint density at radius 3 is 2.68 bits per heavy atom. The number of rotatable bonds is 4. The van der Waals surface area contributed by atoms with Crippen LogP contribution in [0.5, 0.6) is 0 Å². The molecule has 3 aliphatic rings. The predicted molar refractivity (Wildman–Crippen MR) is 117 cm³/mol. The van der Waals surface area contributed by atoms with Gasteiger partial charge in [0.15, 0.2) is 0 Å². The Bertz CT molecular complexity index is 987. The minimum absolute atomic E-state index is 0.166. The summed E-state index contributed by atoms with van der Waals surface area (Å²) in [6, 6.07) is 12.7. The average molecular weight is 445 g/mol. The van der Waals surface area contributed by atoms with E-state index in [1.54, 1.807) is 23.9 Å². The molecular weight excluding hydrogens is 418 g/mol. The first-order chi connectivity index (χ1) is 14.9. The van der Waals surface area contributed by atoms with Crippen LogP contribution in [0.25, 0.3) is 0 Å². The molecule has 2 aromatic carbocycles. The monoisotopic (exact) mass is 444 g/mol. The van der Waals surface area contributed by atoms with Gasteiger partial charge >= 0.3 is 0 Å². The average Bonchev–Trinajstić information content (AvgIpc) is 3.60. The number of carbonyl (C=O) groups excluding carboxylic acids is 1. The highest BCUT2D eigenvalue weighted by Gasteiger charge is 2.59. The van der Waals surface area contributed by atoms with E-state index in [1.807, 2.05) is 18.2 Å². The number of hydrogen-bond donors (Lipinski definition) is 2. The van der Waals surface area contributed by atoms with Gasteiger partial charge in [-0.1, -0.05) is 31.2 Å². The third kappa shape index (κ3) is 3.77. The maximum atomic E-state index is 15.1. The Labute approximate surface area is 185 Å². The Balaban J connectivity index is 1.46. The van der Waals surface area contributed by atoms with Crippen LogP contribution in [0.2, 0.25) is 0 Å². The molecule has 1 aliphatic carbocycles. The first-order valence-corrected chi connectivity index (χ1v) is 11.8. The van der Waals surface area contributed by atoms with Crippen LogP contribution in [0, 0.1) is 23.0 Å². The van der Waals surface area contributed by atoms with Crippen molar-refractivity contribution in [2.75, 3.05) is 12.4 Å². The maximum absolute atomic E-state index is 15.1. The Hall–Kier alpha value is -1.96. The summed E-state index contributed by atoms with van der Waals surface area (Å²) in [6.45, 7) is 2.44. The van der Waals surface area contributed by atoms with Gasteiger partial charge in [-0.05, 0) is 43.4 Å². The van der Waals surface area contributed by atoms with Gasteiger partial charge in [0, 0.05) is 28.4 Å². The van der Waals surface area contributed by atoms with E-state index in [0.29, 0.717) is 17.0 Å². The SMILES string of the molecule is C[C@]12CSC(NC(=O)c3ccccc3)N[C@@]1(c1ccc(F)cc1F)CO[C@@H](C1CC1)C2. The fraction of sp³-hybridized carbons (Fsp3) is 0.458. The minimum Gasteiger partial charge on any atom is -0.376 e. The van der Waals surface area contributed by atoms with Gasteiger partial charge in [-0.15, -0.1) is 11.8 Å². The van der Waals surface area contributed by atoms with Crippen LogP contribution in [-0.4, -0.2) is 29.9 Å². The fourth-order valence-electron chi connectivity index (χ4n) is 4.97. The lowest BCUT2D eigenvalue weighted by Gasteiger charge is -2.58. The van der Waals surface area contributed by atoms with Crippen LogP contribution in [0.3, 0.4) is 0 Å². The van der Waals surface area contributed by atoms with E-state index in [1.165, 1.54) is 25.0 Å². The number of nitrogens with one attached hydrogen (secondary N) is 2. The summed E-state index contributed by atoms with van der Waals surface area (Å²) in [5, 5.41) is 6.53. The molecule has 2 N–H and O–H groups in total. The molecule has 31 heavy (non-hydrogen) atoms. The number of amides is 1. The van der Waals surface area contributed by atoms with Gasteiger partial charge in [-0.2, -0.15) is 0 Å². The number of hydrogen-bond acceptors (Lipinski definition) is 4. The van der Waals surface area contributed by atoms with Crippen molar-refractivity contribution in [2.45, 2.75) is 43.3 Å². The minimum atomic E-state index is -0.865. The van der Waals surface area contributed by atoms with Gasteiger partial charge in [-0.25, -0.2) is 8.78 Å². The Morgan fingerprint density at radius 2 is 1.97 bits per heavy atom. The van der Waals surface area contributed by atoms with E-state index in [-0.39, 0.29) is 24.0 Å². The quantitative estimate of drug-likeness (QED) is 0.733. The lowest BCUT2D eigenvalue weighted by molar-refractivity contribution is -0.122. The van der Waals surface area contributed by atoms with Crippen LogP contribution >= 0.6 is 11.8 Å². The highest BCUT2D eigenvalue weighted by Crippen LogP contribution is 2.55. The Morgan fingerprint density at radius 1 is 1.19 bits per heavy atom. The first kappa shape index (κ1) is 20.9. The molecule has 4 atom stereocenters. The summed E-state index contributed by atoms with van der Waals surface area (Å²) in [4.78, 5) is 12.7. The second kappa shape index (κ2) is 7.87. The second-order valence-corrected chi connectivity index (χ2v) is 10.2. The summed E-state index contributed by atoms with van der Waals surface area (Å²) in [6.07, 6.45) is 3.32. The van der Waals surface area contributed by atoms with Crippen molar-refractivity contribution in [1.29, 1.82) is 0 Å². The molecule has 1 unspecified atom stereocenters. The third-order valence-corrected chi connectivity index (χ3v) is 8.35. The molecule has 5 rings (SSSR count). The lowest BCUT2D eigenvalue weighted by Crippen LogP contribution is -2.70. The molecule has 7 heteroatoms. The summed E-state index contributed by atoms with van der Waals surface area (Å²) in [5.74, 6) is -0.0912. The molecular formula is C24H26F2N2O2S. The molecule has 4 nitrogen and oxygen atoms in total. The summed E-state index contributed by atoms with van der Waals surface area (Å²) in [7, 11) is 0. The lowest BCUT2D eigenvalue weighted by atomic mass is 9.63. The van der Waals surface area contributed by atoms with E-state index in [9.17, 15) is 9.18 Å². The topological polar surface area (TPSA) is 50.4 Å². The molecule has 0 aromatic heterocycles. The second-order valence-electron chi connectivity index (χ2n) is 9.16. The van der Waals surface area contributed by atoms with Gasteiger partial charge in [-0.3, -0.25) is 10.1 Å². The van der Waals surface area contributed by atoms with Crippen molar-refractivity contribution in [3.05, 3.63) is 71.3 Å². The zero-order chi connectivity index (χ0) is 21.6. The van der Waals surface area contributed by atoms with Gasteiger partial charge in [0.25, 0.3) is 5.91 Å². The van der Waals surface area contributed by atoms with Crippen molar-refractivity contribution < 1.29 is 18.3 Å². The molecule has 2 aromatic rings. The molecule has 3 fully saturated rings. The van der Waals surface area contributed by atoms with E-state index < -0.39 is 22.7 Å². The van der Waals surface area contributed by atoms with E-state index >= 15 is 4.39 Å². The van der Waals surface area contributed by atoms with Crippen LogP contribution < -0.4 is 10.6 Å². The van der Waals surface area contributed by atoms with Gasteiger partial charge in [0.05, 0.1) is 18.2 Å². The van der Waals surface area contributed by atoms with Gasteiger partial charge < -0.3 is 10.1 Å². The van der Waals surface area contributed by atoms with Crippen molar-refractivity contribution in [1.82, 2.24) is 10.6 Å². The van der Waals surface area contributed by atoms with Gasteiger partial charge in [0.2, 0.25) is 0 Å². The van der Waals surface area contributed by atoms with Gasteiger partial charge in [0.1, 0.15) is 17.1 Å². The van der Waals surface area contributed by atoms with Crippen molar-refractivity contribution in [3.63, 3.8) is 0 Å². The van der Waals surface area contributed by atoms with Crippen LogP contribution in [0.1, 0.15) is 42.1 Å². The molecule has 2 heterocycles. The van der Waals surface area contributed by atoms with E-state index in [2.05, 4.69) is 17.6 Å². The highest BCUT2D eigenvalue weighted by molar-refractivity contribution is 7.99. The molecule has 1 amide bonds. The summed E-state index contributed by atoms with van der Waals surface area (Å²) >= 11 is 1.61. The Kier molecular flexibility index (Phi) is 5.31. The van der Waals surface area contributed by atoms with Crippen molar-refractivity contribution in [2.24, 2.45) is 11.3 Å². The number of ether oxygens (including phenoxy) is 1. The first-order valence-electron chi connectivity index (χ1n) is 10.7. The number of thioether (sulfide) groups is 1. The van der Waals surface area contributed by atoms with Crippen LogP contribution in [0.4, 0.5) is 8.78 Å². The molecule has 164 valence electrons. The molecule has 0 radical (unpaired) electrons. The van der Waals surface area contributed by atoms with Crippen molar-refractivity contribution in [3.8, 4) is 0 Å². The van der Waals surface area contributed by atoms with E-state index in [0.717, 1.165) is 18.2 Å². The number of benzene rings is 2. The maximum Gasteiger partial charge on any atom is 0.253 e. The van der Waals surface area contributed by atoms with Crippen LogP contribution in [0.15, 0.2) is 48.5 Å². The predicted octanol–water partition coefficient (Wildman–Crippen LogP) is 4.42. The standard InChI is InChI=1S/C24H26F2N2O2S/c1-23-12-20(15-7-8-15)30-13-24(23,18-10-9-17(25)11-19(18)26)28-22(31-14-23)27-21(29)16-5-3-2-4-6-16/h2-6,9-11,15,20,22,28H,7-8,12-14H2,1H3,(H,27,29)/t20-,22?,23+,24-/m1/s1. The highest BCUT2D eigenvalue weighted by atomic mass is 32.2. The molecule has 0 spiro atoms. The zero-order valence-electron chi connectivity index (χ0n) is 17.4. The van der Waals surface area contributed by atoms with Crippen molar-refractivity contribution >= 4 is 17.7 Å². The zero-order valence-corrected chi connectivity index (χ0v) is 18.2. The molecule has 0 bridgehead atoms. The molecule has 2 saturated heterocycles. The fourth-order valence-corrected chi connectivity index (χ4v) is 6.34. The summed E-state index contributed by atoms with van der Waals surface area (Å²) in [5.41, 5.74) is -0.642.